The van der Waals surface area contributed by atoms with Gasteiger partial charge in [0, 0.05) is 13.6 Å². The largest absolute Gasteiger partial charge is 0.357 e. The lowest BCUT2D eigenvalue weighted by Gasteiger charge is -2.34. The molecule has 1 saturated heterocycles. The summed E-state index contributed by atoms with van der Waals surface area (Å²) in [6.45, 7) is 0.752. The molecule has 1 fully saturated rings. The highest BCUT2D eigenvalue weighted by Crippen LogP contribution is 2.36. The molecule has 4 nitrogen and oxygen atoms in total. The molecular weight excluding hydrogens is 202 g/mol. The predicted octanol–water partition coefficient (Wildman–Crippen LogP) is 0.597. The van der Waals surface area contributed by atoms with Gasteiger partial charge in [0.25, 0.3) is 0 Å². The van der Waals surface area contributed by atoms with Crippen LogP contribution in [0.25, 0.3) is 0 Å². The zero-order valence-corrected chi connectivity index (χ0v) is 9.44. The molecule has 1 amide bonds. The topological polar surface area (TPSA) is 58.4 Å². The summed E-state index contributed by atoms with van der Waals surface area (Å²) in [4.78, 5) is 12.1. The first-order valence-corrected chi connectivity index (χ1v) is 5.52. The molecule has 0 unspecified atom stereocenters. The van der Waals surface area contributed by atoms with Crippen LogP contribution >= 0.6 is 0 Å². The Morgan fingerprint density at radius 3 is 2.62 bits per heavy atom. The number of likely N-dealkylation sites (N-methyl/N-ethyl adjacent to an activating group) is 1. The molecule has 86 valence electrons. The second kappa shape index (κ2) is 4.23. The van der Waals surface area contributed by atoms with Crippen LogP contribution in [0, 0.1) is 0 Å². The van der Waals surface area contributed by atoms with Gasteiger partial charge in [-0.2, -0.15) is 0 Å². The molecule has 0 aliphatic carbocycles. The quantitative estimate of drug-likeness (QED) is 0.716. The summed E-state index contributed by atoms with van der Waals surface area (Å²) >= 11 is 0. The van der Waals surface area contributed by atoms with E-state index in [2.05, 4.69) is 5.32 Å². The molecular formula is C12H17N3O. The van der Waals surface area contributed by atoms with Gasteiger partial charge in [0.2, 0.25) is 5.91 Å². The Balaban J connectivity index is 2.47. The number of benzene rings is 1. The van der Waals surface area contributed by atoms with Crippen LogP contribution < -0.4 is 11.2 Å². The molecule has 4 heteroatoms. The molecule has 1 aromatic carbocycles. The average molecular weight is 219 g/mol. The van der Waals surface area contributed by atoms with E-state index in [1.807, 2.05) is 30.3 Å². The maximum Gasteiger partial charge on any atom is 0.246 e. The first-order valence-electron chi connectivity index (χ1n) is 5.52. The van der Waals surface area contributed by atoms with Gasteiger partial charge in [-0.1, -0.05) is 30.3 Å². The first kappa shape index (κ1) is 11.1. The third-order valence-corrected chi connectivity index (χ3v) is 3.28. The summed E-state index contributed by atoms with van der Waals surface area (Å²) in [6.07, 6.45) is 1.71. The van der Waals surface area contributed by atoms with Gasteiger partial charge in [0.05, 0.1) is 0 Å². The van der Waals surface area contributed by atoms with Crippen molar-refractivity contribution in [2.45, 2.75) is 18.4 Å². The van der Waals surface area contributed by atoms with Crippen molar-refractivity contribution in [2.75, 3.05) is 13.6 Å². The van der Waals surface area contributed by atoms with E-state index in [-0.39, 0.29) is 5.91 Å². The van der Waals surface area contributed by atoms with Crippen LogP contribution in [-0.4, -0.2) is 24.5 Å². The van der Waals surface area contributed by atoms with E-state index in [9.17, 15) is 4.79 Å². The number of nitrogens with zero attached hydrogens (tertiary/aromatic N) is 1. The van der Waals surface area contributed by atoms with Gasteiger partial charge in [0.1, 0.15) is 5.54 Å². The number of rotatable bonds is 2. The number of hydrazine groups is 1. The maximum absolute atomic E-state index is 12.1. The summed E-state index contributed by atoms with van der Waals surface area (Å²) < 4.78 is 0. The van der Waals surface area contributed by atoms with E-state index in [4.69, 9.17) is 5.84 Å². The van der Waals surface area contributed by atoms with Crippen LogP contribution in [0.2, 0.25) is 0 Å². The zero-order chi connectivity index (χ0) is 11.6. The van der Waals surface area contributed by atoms with Crippen LogP contribution in [0.4, 0.5) is 0 Å². The molecule has 0 bridgehead atoms. The highest BCUT2D eigenvalue weighted by molar-refractivity contribution is 5.87. The molecule has 0 spiro atoms. The Kier molecular flexibility index (Phi) is 2.94. The Hall–Kier alpha value is -1.39. The summed E-state index contributed by atoms with van der Waals surface area (Å²) in [5, 5.41) is 4.37. The summed E-state index contributed by atoms with van der Waals surface area (Å²) in [7, 11) is 1.65. The van der Waals surface area contributed by atoms with Gasteiger partial charge in [-0.3, -0.25) is 10.6 Å². The molecule has 1 heterocycles. The lowest BCUT2D eigenvalue weighted by atomic mass is 9.87. The van der Waals surface area contributed by atoms with E-state index in [0.717, 1.165) is 24.9 Å². The standard InChI is InChI=1S/C12H17N3O/c1-14-11(16)12(8-5-9-15(12)13)10-6-3-2-4-7-10/h2-4,6-7H,5,8-9,13H2,1H3,(H,14,16)/t12-/m0/s1. The van der Waals surface area contributed by atoms with Gasteiger partial charge in [-0.15, -0.1) is 0 Å². The monoisotopic (exact) mass is 219 g/mol. The van der Waals surface area contributed by atoms with Crippen molar-refractivity contribution < 1.29 is 4.79 Å². The molecule has 16 heavy (non-hydrogen) atoms. The van der Waals surface area contributed by atoms with Crippen molar-refractivity contribution in [3.8, 4) is 0 Å². The van der Waals surface area contributed by atoms with Crippen LogP contribution in [0.15, 0.2) is 30.3 Å². The fourth-order valence-corrected chi connectivity index (χ4v) is 2.45. The lowest BCUT2D eigenvalue weighted by molar-refractivity contribution is -0.132. The van der Waals surface area contributed by atoms with Gasteiger partial charge < -0.3 is 5.32 Å². The third kappa shape index (κ3) is 1.50. The number of hydrogen-bond donors (Lipinski definition) is 2. The molecule has 2 rings (SSSR count). The van der Waals surface area contributed by atoms with Crippen LogP contribution in [0.5, 0.6) is 0 Å². The Morgan fingerprint density at radius 2 is 2.12 bits per heavy atom. The van der Waals surface area contributed by atoms with Gasteiger partial charge in [-0.05, 0) is 18.4 Å². The first-order chi connectivity index (χ1) is 7.71. The molecule has 0 radical (unpaired) electrons. The maximum atomic E-state index is 12.1. The molecule has 1 aliphatic heterocycles. The fraction of sp³-hybridized carbons (Fsp3) is 0.417. The minimum Gasteiger partial charge on any atom is -0.357 e. The smallest absolute Gasteiger partial charge is 0.246 e. The number of carbonyl (C=O) groups is 1. The Labute approximate surface area is 95.4 Å². The van der Waals surface area contributed by atoms with E-state index in [1.165, 1.54) is 0 Å². The van der Waals surface area contributed by atoms with Crippen molar-refractivity contribution in [1.29, 1.82) is 0 Å². The molecule has 1 aliphatic rings. The van der Waals surface area contributed by atoms with E-state index >= 15 is 0 Å². The molecule has 0 aromatic heterocycles. The summed E-state index contributed by atoms with van der Waals surface area (Å²) in [6, 6.07) is 9.73. The van der Waals surface area contributed by atoms with Crippen molar-refractivity contribution in [3.63, 3.8) is 0 Å². The minimum absolute atomic E-state index is 0.0290. The van der Waals surface area contributed by atoms with E-state index < -0.39 is 5.54 Å². The van der Waals surface area contributed by atoms with E-state index in [1.54, 1.807) is 12.1 Å². The Bertz CT molecular complexity index is 379. The van der Waals surface area contributed by atoms with Crippen molar-refractivity contribution >= 4 is 5.91 Å². The Morgan fingerprint density at radius 1 is 1.44 bits per heavy atom. The molecule has 0 saturated carbocycles. The SMILES string of the molecule is CNC(=O)[C@@]1(c2ccccc2)CCCN1N. The van der Waals surface area contributed by atoms with Crippen LogP contribution in [0.1, 0.15) is 18.4 Å². The van der Waals surface area contributed by atoms with Gasteiger partial charge >= 0.3 is 0 Å². The fourth-order valence-electron chi connectivity index (χ4n) is 2.45. The number of nitrogens with two attached hydrogens (primary N) is 1. The minimum atomic E-state index is -0.685. The van der Waals surface area contributed by atoms with Crippen molar-refractivity contribution in [3.05, 3.63) is 35.9 Å². The number of nitrogens with one attached hydrogen (secondary N) is 1. The molecule has 1 aromatic rings. The molecule has 3 N–H and O–H groups in total. The van der Waals surface area contributed by atoms with Gasteiger partial charge in [0.15, 0.2) is 0 Å². The van der Waals surface area contributed by atoms with Crippen molar-refractivity contribution in [2.24, 2.45) is 5.84 Å². The van der Waals surface area contributed by atoms with E-state index in [0.29, 0.717) is 0 Å². The van der Waals surface area contributed by atoms with Crippen LogP contribution in [0.3, 0.4) is 0 Å². The lowest BCUT2D eigenvalue weighted by Crippen LogP contribution is -2.55. The second-order valence-corrected chi connectivity index (χ2v) is 4.10. The second-order valence-electron chi connectivity index (χ2n) is 4.10. The number of carbonyl (C=O) groups excluding carboxylic acids is 1. The number of amides is 1. The molecule has 1 atom stereocenters. The predicted molar refractivity (Wildman–Crippen MR) is 62.3 cm³/mol. The summed E-state index contributed by atoms with van der Waals surface area (Å²) in [5.74, 6) is 5.97. The third-order valence-electron chi connectivity index (χ3n) is 3.28. The van der Waals surface area contributed by atoms with Crippen molar-refractivity contribution in [1.82, 2.24) is 10.3 Å². The van der Waals surface area contributed by atoms with Gasteiger partial charge in [-0.25, -0.2) is 5.01 Å². The number of hydrogen-bond acceptors (Lipinski definition) is 3. The highest BCUT2D eigenvalue weighted by atomic mass is 16.2. The summed E-state index contributed by atoms with van der Waals surface area (Å²) in [5.41, 5.74) is 0.282. The highest BCUT2D eigenvalue weighted by Gasteiger charge is 2.47. The zero-order valence-electron chi connectivity index (χ0n) is 9.44. The average Bonchev–Trinajstić information content (AvgIpc) is 2.72. The van der Waals surface area contributed by atoms with Crippen LogP contribution in [-0.2, 0) is 10.3 Å². The normalized spacial score (nSPS) is 25.6.